The molecular formula is C12H20S. The second kappa shape index (κ2) is 13.9. The van der Waals surface area contributed by atoms with E-state index < -0.39 is 0 Å². The maximum Gasteiger partial charge on any atom is -0.0219 e. The zero-order chi connectivity index (χ0) is 10.5. The third kappa shape index (κ3) is 14.2. The summed E-state index contributed by atoms with van der Waals surface area (Å²) in [4.78, 5) is 0. The van der Waals surface area contributed by atoms with Gasteiger partial charge in [0.15, 0.2) is 0 Å². The van der Waals surface area contributed by atoms with E-state index in [9.17, 15) is 0 Å². The standard InChI is InChI=1S/C10H14S.C2H6/c1-4-6-7-8-10(3)9-11-5-2;1-2/h4-9H,2H2,1,3H3;1-2H3/b6-4-,8-7-,10-9+;. The molecule has 0 aliphatic rings. The molecule has 0 saturated heterocycles. The van der Waals surface area contributed by atoms with Gasteiger partial charge < -0.3 is 0 Å². The molecule has 0 radical (unpaired) electrons. The molecule has 0 unspecified atom stereocenters. The van der Waals surface area contributed by atoms with Gasteiger partial charge in [-0.3, -0.25) is 0 Å². The van der Waals surface area contributed by atoms with Gasteiger partial charge in [-0.1, -0.05) is 44.7 Å². The minimum absolute atomic E-state index is 1.24. The quantitative estimate of drug-likeness (QED) is 0.575. The van der Waals surface area contributed by atoms with Gasteiger partial charge in [-0.25, -0.2) is 0 Å². The second-order valence-electron chi connectivity index (χ2n) is 2.05. The van der Waals surface area contributed by atoms with Crippen LogP contribution in [0.3, 0.4) is 0 Å². The van der Waals surface area contributed by atoms with Gasteiger partial charge in [0.1, 0.15) is 0 Å². The van der Waals surface area contributed by atoms with E-state index in [4.69, 9.17) is 0 Å². The Hall–Kier alpha value is -0.690. The summed E-state index contributed by atoms with van der Waals surface area (Å²) in [6, 6.07) is 0. The second-order valence-corrected chi connectivity index (χ2v) is 2.89. The average molecular weight is 196 g/mol. The molecule has 0 fully saturated rings. The highest BCUT2D eigenvalue weighted by Crippen LogP contribution is 2.07. The van der Waals surface area contributed by atoms with E-state index in [-0.39, 0.29) is 0 Å². The topological polar surface area (TPSA) is 0 Å². The summed E-state index contributed by atoms with van der Waals surface area (Å²) in [7, 11) is 0. The van der Waals surface area contributed by atoms with Crippen LogP contribution in [0.2, 0.25) is 0 Å². The fourth-order valence-electron chi connectivity index (χ4n) is 0.513. The highest BCUT2D eigenvalue weighted by Gasteiger charge is 1.77. The van der Waals surface area contributed by atoms with Gasteiger partial charge >= 0.3 is 0 Å². The molecule has 0 nitrogen and oxygen atoms in total. The van der Waals surface area contributed by atoms with Gasteiger partial charge in [-0.15, -0.1) is 11.8 Å². The van der Waals surface area contributed by atoms with Crippen LogP contribution in [-0.2, 0) is 0 Å². The van der Waals surface area contributed by atoms with Crippen molar-refractivity contribution in [2.45, 2.75) is 27.7 Å². The number of thioether (sulfide) groups is 1. The van der Waals surface area contributed by atoms with E-state index >= 15 is 0 Å². The summed E-state index contributed by atoms with van der Waals surface area (Å²) in [6.45, 7) is 11.7. The molecule has 0 heterocycles. The number of hydrogen-bond donors (Lipinski definition) is 0. The summed E-state index contributed by atoms with van der Waals surface area (Å²) in [5.74, 6) is 0. The molecule has 0 atom stereocenters. The average Bonchev–Trinajstić information content (AvgIpc) is 2.18. The predicted molar refractivity (Wildman–Crippen MR) is 66.8 cm³/mol. The highest BCUT2D eigenvalue weighted by molar-refractivity contribution is 8.04. The van der Waals surface area contributed by atoms with E-state index in [2.05, 4.69) is 25.0 Å². The largest absolute Gasteiger partial charge is 0.106 e. The summed E-state index contributed by atoms with van der Waals surface area (Å²) in [6.07, 6.45) is 8.10. The Morgan fingerprint density at radius 2 is 1.85 bits per heavy atom. The van der Waals surface area contributed by atoms with Crippen LogP contribution in [0.4, 0.5) is 0 Å². The molecule has 0 saturated carbocycles. The van der Waals surface area contributed by atoms with Gasteiger partial charge in [0, 0.05) is 0 Å². The lowest BCUT2D eigenvalue weighted by Crippen LogP contribution is -1.62. The van der Waals surface area contributed by atoms with E-state index in [1.54, 1.807) is 11.8 Å². The van der Waals surface area contributed by atoms with Gasteiger partial charge in [0.2, 0.25) is 0 Å². The lowest BCUT2D eigenvalue weighted by Gasteiger charge is -1.86. The molecule has 0 amide bonds. The molecule has 0 aliphatic heterocycles. The highest BCUT2D eigenvalue weighted by atomic mass is 32.2. The molecule has 0 aromatic rings. The normalized spacial score (nSPS) is 11.5. The molecule has 0 aliphatic carbocycles. The Morgan fingerprint density at radius 3 is 2.31 bits per heavy atom. The maximum absolute atomic E-state index is 3.61. The number of hydrogen-bond acceptors (Lipinski definition) is 1. The zero-order valence-corrected chi connectivity index (χ0v) is 9.90. The Morgan fingerprint density at radius 1 is 1.23 bits per heavy atom. The Labute approximate surface area is 87.1 Å². The first-order valence-electron chi connectivity index (χ1n) is 4.53. The molecule has 0 spiro atoms. The first-order chi connectivity index (χ1) is 6.31. The molecule has 0 N–H and O–H groups in total. The van der Waals surface area contributed by atoms with Crippen LogP contribution in [-0.4, -0.2) is 0 Å². The van der Waals surface area contributed by atoms with Crippen molar-refractivity contribution < 1.29 is 0 Å². The van der Waals surface area contributed by atoms with Crippen molar-refractivity contribution in [2.75, 3.05) is 0 Å². The first-order valence-corrected chi connectivity index (χ1v) is 5.48. The Bertz CT molecular complexity index is 185. The van der Waals surface area contributed by atoms with Crippen molar-refractivity contribution in [3.8, 4) is 0 Å². The third-order valence-electron chi connectivity index (χ3n) is 1.01. The fraction of sp³-hybridized carbons (Fsp3) is 0.333. The summed E-state index contributed by atoms with van der Waals surface area (Å²) in [5.41, 5.74) is 1.24. The van der Waals surface area contributed by atoms with Crippen LogP contribution in [0, 0.1) is 0 Å². The smallest absolute Gasteiger partial charge is 0.0219 e. The van der Waals surface area contributed by atoms with Crippen molar-refractivity contribution in [1.29, 1.82) is 0 Å². The minimum atomic E-state index is 1.24. The molecule has 0 rings (SSSR count). The van der Waals surface area contributed by atoms with Gasteiger partial charge in [-0.2, -0.15) is 0 Å². The predicted octanol–water partition coefficient (Wildman–Crippen LogP) is 4.93. The van der Waals surface area contributed by atoms with Gasteiger partial charge in [-0.05, 0) is 30.2 Å². The van der Waals surface area contributed by atoms with Gasteiger partial charge in [0.05, 0.1) is 0 Å². The van der Waals surface area contributed by atoms with Crippen LogP contribution in [0.1, 0.15) is 27.7 Å². The van der Waals surface area contributed by atoms with Crippen LogP contribution >= 0.6 is 11.8 Å². The number of allylic oxidation sites excluding steroid dienone is 5. The molecule has 0 bridgehead atoms. The molecular weight excluding hydrogens is 176 g/mol. The lowest BCUT2D eigenvalue weighted by atomic mass is 10.3. The van der Waals surface area contributed by atoms with Gasteiger partial charge in [0.25, 0.3) is 0 Å². The SMILES string of the molecule is C=CS/C=C(C)/C=C\C=C/C.CC. The van der Waals surface area contributed by atoms with Crippen molar-refractivity contribution in [1.82, 2.24) is 0 Å². The summed E-state index contributed by atoms with van der Waals surface area (Å²) in [5, 5.41) is 3.88. The summed E-state index contributed by atoms with van der Waals surface area (Å²) >= 11 is 1.60. The fourth-order valence-corrected chi connectivity index (χ4v) is 0.903. The molecule has 74 valence electrons. The molecule has 13 heavy (non-hydrogen) atoms. The van der Waals surface area contributed by atoms with Crippen molar-refractivity contribution in [2.24, 2.45) is 0 Å². The van der Waals surface area contributed by atoms with Crippen LogP contribution in [0.15, 0.2) is 47.3 Å². The van der Waals surface area contributed by atoms with Crippen molar-refractivity contribution in [3.05, 3.63) is 47.3 Å². The number of rotatable bonds is 4. The third-order valence-corrected chi connectivity index (χ3v) is 1.71. The van der Waals surface area contributed by atoms with E-state index in [1.807, 2.05) is 44.4 Å². The van der Waals surface area contributed by atoms with Crippen LogP contribution in [0.5, 0.6) is 0 Å². The first kappa shape index (κ1) is 14.8. The minimum Gasteiger partial charge on any atom is -0.106 e. The molecule has 0 aromatic carbocycles. The Balaban J connectivity index is 0. The summed E-state index contributed by atoms with van der Waals surface area (Å²) < 4.78 is 0. The molecule has 1 heteroatoms. The van der Waals surface area contributed by atoms with Crippen molar-refractivity contribution in [3.63, 3.8) is 0 Å². The van der Waals surface area contributed by atoms with Crippen LogP contribution < -0.4 is 0 Å². The lowest BCUT2D eigenvalue weighted by molar-refractivity contribution is 1.50. The zero-order valence-electron chi connectivity index (χ0n) is 9.08. The Kier molecular flexibility index (Phi) is 15.8. The van der Waals surface area contributed by atoms with E-state index in [1.165, 1.54) is 5.57 Å². The van der Waals surface area contributed by atoms with E-state index in [0.29, 0.717) is 0 Å². The van der Waals surface area contributed by atoms with Crippen molar-refractivity contribution >= 4 is 11.8 Å². The molecule has 0 aromatic heterocycles. The van der Waals surface area contributed by atoms with Crippen LogP contribution in [0.25, 0.3) is 0 Å². The maximum atomic E-state index is 3.61. The van der Waals surface area contributed by atoms with E-state index in [0.717, 1.165) is 0 Å². The monoisotopic (exact) mass is 196 g/mol.